The van der Waals surface area contributed by atoms with Gasteiger partial charge in [-0.1, -0.05) is 37.3 Å². The maximum Gasteiger partial charge on any atom is 0.222 e. The van der Waals surface area contributed by atoms with E-state index in [-0.39, 0.29) is 11.4 Å². The second-order valence-electron chi connectivity index (χ2n) is 7.85. The predicted molar refractivity (Wildman–Crippen MR) is 109 cm³/mol. The highest BCUT2D eigenvalue weighted by atomic mass is 16.5. The fourth-order valence-corrected chi connectivity index (χ4v) is 4.50. The van der Waals surface area contributed by atoms with Gasteiger partial charge >= 0.3 is 0 Å². The Hall–Kier alpha value is -1.43. The molecule has 2 fully saturated rings. The van der Waals surface area contributed by atoms with Gasteiger partial charge in [-0.05, 0) is 25.3 Å². The molecule has 1 aromatic rings. The largest absolute Gasteiger partial charge is 0.381 e. The number of benzene rings is 1. The zero-order chi connectivity index (χ0) is 19.1. The molecule has 0 aliphatic carbocycles. The van der Waals surface area contributed by atoms with E-state index >= 15 is 0 Å². The number of rotatable bonds is 7. The number of nitrogens with zero attached hydrogens (tertiary/aromatic N) is 3. The summed E-state index contributed by atoms with van der Waals surface area (Å²) in [6.45, 7) is 12.7. The standard InChI is InChI=1S/C22H35N3O2/c1-3-21(26)24(4-2)19-22(10-16-27-17-11-22)25-14-12-23(13-15-25)18-20-8-6-5-7-9-20/h5-9H,3-4,10-19H2,1-2H3. The second-order valence-corrected chi connectivity index (χ2v) is 7.85. The molecule has 0 saturated carbocycles. The Morgan fingerprint density at radius 2 is 1.74 bits per heavy atom. The summed E-state index contributed by atoms with van der Waals surface area (Å²) in [4.78, 5) is 19.6. The highest BCUT2D eigenvalue weighted by Gasteiger charge is 2.41. The summed E-state index contributed by atoms with van der Waals surface area (Å²) in [7, 11) is 0. The van der Waals surface area contributed by atoms with Gasteiger partial charge in [-0.3, -0.25) is 14.6 Å². The minimum Gasteiger partial charge on any atom is -0.381 e. The van der Waals surface area contributed by atoms with Gasteiger partial charge in [0.05, 0.1) is 0 Å². The molecule has 1 aromatic carbocycles. The first-order valence-corrected chi connectivity index (χ1v) is 10.5. The number of carbonyl (C=O) groups is 1. The van der Waals surface area contributed by atoms with Crippen molar-refractivity contribution in [1.29, 1.82) is 0 Å². The van der Waals surface area contributed by atoms with Crippen LogP contribution in [-0.2, 0) is 16.1 Å². The smallest absolute Gasteiger partial charge is 0.222 e. The summed E-state index contributed by atoms with van der Waals surface area (Å²) < 4.78 is 5.68. The maximum absolute atomic E-state index is 12.4. The van der Waals surface area contributed by atoms with Gasteiger partial charge in [0.25, 0.3) is 0 Å². The average molecular weight is 374 g/mol. The van der Waals surface area contributed by atoms with Crippen LogP contribution < -0.4 is 0 Å². The predicted octanol–water partition coefficient (Wildman–Crippen LogP) is 2.61. The molecule has 3 rings (SSSR count). The average Bonchev–Trinajstić information content (AvgIpc) is 2.73. The molecule has 0 bridgehead atoms. The van der Waals surface area contributed by atoms with E-state index in [1.54, 1.807) is 0 Å². The second kappa shape index (κ2) is 9.67. The molecule has 5 heteroatoms. The quantitative estimate of drug-likeness (QED) is 0.736. The van der Waals surface area contributed by atoms with Crippen molar-refractivity contribution in [3.05, 3.63) is 35.9 Å². The first-order chi connectivity index (χ1) is 13.2. The van der Waals surface area contributed by atoms with E-state index in [0.29, 0.717) is 6.42 Å². The first kappa shape index (κ1) is 20.3. The Labute approximate surface area is 164 Å². The lowest BCUT2D eigenvalue weighted by atomic mass is 9.86. The van der Waals surface area contributed by atoms with Crippen LogP contribution in [0, 0.1) is 0 Å². The number of hydrogen-bond donors (Lipinski definition) is 0. The number of piperazine rings is 1. The van der Waals surface area contributed by atoms with E-state index in [4.69, 9.17) is 4.74 Å². The summed E-state index contributed by atoms with van der Waals surface area (Å²) in [6, 6.07) is 10.7. The molecule has 27 heavy (non-hydrogen) atoms. The van der Waals surface area contributed by atoms with Crippen molar-refractivity contribution in [3.8, 4) is 0 Å². The van der Waals surface area contributed by atoms with Crippen LogP contribution in [0.3, 0.4) is 0 Å². The first-order valence-electron chi connectivity index (χ1n) is 10.5. The SMILES string of the molecule is CCC(=O)N(CC)CC1(N2CCN(Cc3ccccc3)CC2)CCOCC1. The molecule has 2 aliphatic heterocycles. The van der Waals surface area contributed by atoms with Crippen molar-refractivity contribution in [2.45, 2.75) is 45.2 Å². The van der Waals surface area contributed by atoms with Crippen molar-refractivity contribution in [3.63, 3.8) is 0 Å². The van der Waals surface area contributed by atoms with Crippen molar-refractivity contribution in [2.75, 3.05) is 52.5 Å². The van der Waals surface area contributed by atoms with Crippen LogP contribution in [0.1, 0.15) is 38.7 Å². The Balaban J connectivity index is 1.63. The Bertz CT molecular complexity index is 578. The van der Waals surface area contributed by atoms with Gasteiger partial charge in [0.15, 0.2) is 0 Å². The molecule has 0 atom stereocenters. The van der Waals surface area contributed by atoms with Crippen LogP contribution in [0.15, 0.2) is 30.3 Å². The molecule has 0 spiro atoms. The van der Waals surface area contributed by atoms with E-state index in [1.165, 1.54) is 5.56 Å². The molecule has 150 valence electrons. The van der Waals surface area contributed by atoms with Crippen LogP contribution in [-0.4, -0.2) is 78.6 Å². The van der Waals surface area contributed by atoms with Crippen LogP contribution >= 0.6 is 0 Å². The molecular weight excluding hydrogens is 338 g/mol. The van der Waals surface area contributed by atoms with Gasteiger partial charge < -0.3 is 9.64 Å². The number of carbonyl (C=O) groups excluding carboxylic acids is 1. The number of ether oxygens (including phenoxy) is 1. The zero-order valence-corrected chi connectivity index (χ0v) is 17.0. The highest BCUT2D eigenvalue weighted by Crippen LogP contribution is 2.30. The topological polar surface area (TPSA) is 36.0 Å². The van der Waals surface area contributed by atoms with Gasteiger partial charge in [-0.25, -0.2) is 0 Å². The molecule has 2 aliphatic rings. The summed E-state index contributed by atoms with van der Waals surface area (Å²) in [5, 5.41) is 0. The Morgan fingerprint density at radius 3 is 2.33 bits per heavy atom. The molecule has 2 saturated heterocycles. The Morgan fingerprint density at radius 1 is 1.07 bits per heavy atom. The van der Waals surface area contributed by atoms with E-state index in [0.717, 1.165) is 71.9 Å². The third-order valence-corrected chi connectivity index (χ3v) is 6.24. The lowest BCUT2D eigenvalue weighted by Gasteiger charge is -2.51. The third-order valence-electron chi connectivity index (χ3n) is 6.24. The lowest BCUT2D eigenvalue weighted by Crippen LogP contribution is -2.63. The minimum atomic E-state index is 0.0813. The van der Waals surface area contributed by atoms with Gasteiger partial charge in [0.1, 0.15) is 0 Å². The normalized spacial score (nSPS) is 21.1. The molecule has 0 aromatic heterocycles. The monoisotopic (exact) mass is 373 g/mol. The van der Waals surface area contributed by atoms with E-state index in [1.807, 2.05) is 6.92 Å². The molecule has 0 unspecified atom stereocenters. The van der Waals surface area contributed by atoms with E-state index in [9.17, 15) is 4.79 Å². The minimum absolute atomic E-state index is 0.0813. The number of likely N-dealkylation sites (N-methyl/N-ethyl adjacent to an activating group) is 1. The van der Waals surface area contributed by atoms with Gasteiger partial charge in [0.2, 0.25) is 5.91 Å². The number of amides is 1. The molecule has 5 nitrogen and oxygen atoms in total. The van der Waals surface area contributed by atoms with Crippen molar-refractivity contribution in [2.24, 2.45) is 0 Å². The molecule has 1 amide bonds. The Kier molecular flexibility index (Phi) is 7.27. The van der Waals surface area contributed by atoms with Crippen molar-refractivity contribution >= 4 is 5.91 Å². The summed E-state index contributed by atoms with van der Waals surface area (Å²) in [5.41, 5.74) is 1.47. The summed E-state index contributed by atoms with van der Waals surface area (Å²) in [6.07, 6.45) is 2.64. The summed E-state index contributed by atoms with van der Waals surface area (Å²) in [5.74, 6) is 0.270. The third kappa shape index (κ3) is 5.09. The van der Waals surface area contributed by atoms with Crippen molar-refractivity contribution in [1.82, 2.24) is 14.7 Å². The van der Waals surface area contributed by atoms with Crippen LogP contribution in [0.5, 0.6) is 0 Å². The van der Waals surface area contributed by atoms with Crippen LogP contribution in [0.4, 0.5) is 0 Å². The van der Waals surface area contributed by atoms with Crippen molar-refractivity contribution < 1.29 is 9.53 Å². The fourth-order valence-electron chi connectivity index (χ4n) is 4.50. The summed E-state index contributed by atoms with van der Waals surface area (Å²) >= 11 is 0. The molecule has 2 heterocycles. The molecule has 0 radical (unpaired) electrons. The number of hydrogen-bond acceptors (Lipinski definition) is 4. The highest BCUT2D eigenvalue weighted by molar-refractivity contribution is 5.75. The van der Waals surface area contributed by atoms with Gasteiger partial charge in [-0.2, -0.15) is 0 Å². The lowest BCUT2D eigenvalue weighted by molar-refractivity contribution is -0.135. The fraction of sp³-hybridized carbons (Fsp3) is 0.682. The molecular formula is C22H35N3O2. The van der Waals surface area contributed by atoms with Crippen LogP contribution in [0.2, 0.25) is 0 Å². The van der Waals surface area contributed by atoms with Gasteiger partial charge in [0, 0.05) is 71.0 Å². The maximum atomic E-state index is 12.4. The zero-order valence-electron chi connectivity index (χ0n) is 17.0. The van der Waals surface area contributed by atoms with E-state index in [2.05, 4.69) is 52.0 Å². The van der Waals surface area contributed by atoms with Crippen LogP contribution in [0.25, 0.3) is 0 Å². The van der Waals surface area contributed by atoms with E-state index < -0.39 is 0 Å². The van der Waals surface area contributed by atoms with Gasteiger partial charge in [-0.15, -0.1) is 0 Å². The molecule has 0 N–H and O–H groups in total.